The molecule has 0 radical (unpaired) electrons. The Morgan fingerprint density at radius 1 is 0.960 bits per heavy atom. The van der Waals surface area contributed by atoms with Gasteiger partial charge in [-0.05, 0) is 54.4 Å². The van der Waals surface area contributed by atoms with Crippen LogP contribution in [0, 0.1) is 0 Å². The van der Waals surface area contributed by atoms with E-state index in [0.717, 1.165) is 0 Å². The van der Waals surface area contributed by atoms with Gasteiger partial charge in [-0.15, -0.1) is 0 Å². The first-order valence-corrected chi connectivity index (χ1v) is 8.28. The molecule has 1 fully saturated rings. The Labute approximate surface area is 149 Å². The normalized spacial score (nSPS) is 29.2. The predicted octanol–water partition coefficient (Wildman–Crippen LogP) is 1.25. The van der Waals surface area contributed by atoms with Crippen molar-refractivity contribution in [3.63, 3.8) is 0 Å². The maximum atomic E-state index is 12.8. The van der Waals surface area contributed by atoms with Gasteiger partial charge in [0, 0.05) is 6.42 Å². The molecule has 1 rings (SSSR count). The highest BCUT2D eigenvalue weighted by Gasteiger charge is 2.62. The zero-order chi connectivity index (χ0) is 19.7. The van der Waals surface area contributed by atoms with E-state index in [2.05, 4.69) is 5.16 Å². The lowest BCUT2D eigenvalue weighted by molar-refractivity contribution is -0.177. The maximum Gasteiger partial charge on any atom is 0.329 e. The number of esters is 2. The van der Waals surface area contributed by atoms with Gasteiger partial charge in [0.05, 0.1) is 5.71 Å². The average Bonchev–Trinajstić information content (AvgIpc) is 2.39. The van der Waals surface area contributed by atoms with Gasteiger partial charge in [-0.25, -0.2) is 9.59 Å². The van der Waals surface area contributed by atoms with Crippen molar-refractivity contribution in [1.29, 1.82) is 0 Å². The third kappa shape index (κ3) is 4.92. The summed E-state index contributed by atoms with van der Waals surface area (Å²) >= 11 is 0. The second kappa shape index (κ2) is 6.92. The highest BCUT2D eigenvalue weighted by Crippen LogP contribution is 2.36. The van der Waals surface area contributed by atoms with Gasteiger partial charge in [-0.3, -0.25) is 0 Å². The molecule has 2 atom stereocenters. The van der Waals surface area contributed by atoms with Crippen molar-refractivity contribution < 1.29 is 23.9 Å². The Morgan fingerprint density at radius 3 is 1.80 bits per heavy atom. The first-order chi connectivity index (χ1) is 11.1. The highest BCUT2D eigenvalue weighted by molar-refractivity contribution is 6.02. The van der Waals surface area contributed by atoms with Crippen molar-refractivity contribution in [2.75, 3.05) is 7.11 Å². The summed E-state index contributed by atoms with van der Waals surface area (Å²) in [5.41, 5.74) is 8.22. The van der Waals surface area contributed by atoms with Crippen LogP contribution in [0.2, 0.25) is 0 Å². The zero-order valence-corrected chi connectivity index (χ0v) is 16.3. The molecule has 8 nitrogen and oxygen atoms in total. The fourth-order valence-corrected chi connectivity index (χ4v) is 2.62. The topological polar surface area (TPSA) is 126 Å². The molecule has 1 saturated carbocycles. The molecule has 0 saturated heterocycles. The van der Waals surface area contributed by atoms with Crippen LogP contribution in [-0.4, -0.2) is 47.0 Å². The van der Waals surface area contributed by atoms with Crippen LogP contribution in [0.4, 0.5) is 0 Å². The van der Waals surface area contributed by atoms with E-state index in [1.165, 1.54) is 7.11 Å². The van der Waals surface area contributed by atoms with Gasteiger partial charge in [0.1, 0.15) is 29.4 Å². The van der Waals surface area contributed by atoms with Crippen LogP contribution in [0.3, 0.4) is 0 Å². The molecule has 1 aliphatic carbocycles. The van der Waals surface area contributed by atoms with Crippen LogP contribution >= 0.6 is 0 Å². The molecule has 0 aliphatic heterocycles. The molecule has 2 unspecified atom stereocenters. The first-order valence-electron chi connectivity index (χ1n) is 8.28. The standard InChI is InChI=1S/C17H31N3O5/c1-14(2,3)24-12(21)16(18)9-8-11(20-23-7)10-17(16,19)13(22)25-15(4,5)6/h8-10,18-19H2,1-7H3/b20-11-. The molecule has 0 amide bonds. The van der Waals surface area contributed by atoms with Crippen molar-refractivity contribution in [3.8, 4) is 0 Å². The van der Waals surface area contributed by atoms with E-state index in [4.69, 9.17) is 25.8 Å². The van der Waals surface area contributed by atoms with Crippen molar-refractivity contribution in [3.05, 3.63) is 0 Å². The van der Waals surface area contributed by atoms with Crippen molar-refractivity contribution in [2.24, 2.45) is 16.6 Å². The van der Waals surface area contributed by atoms with Crippen molar-refractivity contribution >= 4 is 17.7 Å². The number of rotatable bonds is 3. The minimum atomic E-state index is -1.81. The summed E-state index contributed by atoms with van der Waals surface area (Å²) in [6.07, 6.45) is 0.413. The fraction of sp³-hybridized carbons (Fsp3) is 0.824. The monoisotopic (exact) mass is 357 g/mol. The lowest BCUT2D eigenvalue weighted by Gasteiger charge is -2.46. The molecule has 0 heterocycles. The van der Waals surface area contributed by atoms with Gasteiger partial charge < -0.3 is 25.8 Å². The average molecular weight is 357 g/mol. The Bertz CT molecular complexity index is 562. The lowest BCUT2D eigenvalue weighted by Crippen LogP contribution is -2.77. The minimum absolute atomic E-state index is 0.0501. The predicted molar refractivity (Wildman–Crippen MR) is 93.8 cm³/mol. The number of oxime groups is 1. The van der Waals surface area contributed by atoms with E-state index in [1.807, 2.05) is 0 Å². The summed E-state index contributed by atoms with van der Waals surface area (Å²) in [6, 6.07) is 0. The Morgan fingerprint density at radius 2 is 1.40 bits per heavy atom. The van der Waals surface area contributed by atoms with E-state index in [9.17, 15) is 9.59 Å². The molecule has 1 aliphatic rings. The van der Waals surface area contributed by atoms with Gasteiger partial charge in [-0.1, -0.05) is 5.16 Å². The summed E-state index contributed by atoms with van der Waals surface area (Å²) in [4.78, 5) is 30.4. The van der Waals surface area contributed by atoms with Gasteiger partial charge in [0.2, 0.25) is 0 Å². The Kier molecular flexibility index (Phi) is 5.91. The molecule has 0 aromatic rings. The van der Waals surface area contributed by atoms with Gasteiger partial charge in [-0.2, -0.15) is 0 Å². The Balaban J connectivity index is 3.30. The third-order valence-corrected chi connectivity index (χ3v) is 3.83. The summed E-state index contributed by atoms with van der Waals surface area (Å²) in [6.45, 7) is 10.3. The van der Waals surface area contributed by atoms with Crippen LogP contribution in [0.5, 0.6) is 0 Å². The summed E-state index contributed by atoms with van der Waals surface area (Å²) in [7, 11) is 1.40. The molecule has 4 N–H and O–H groups in total. The van der Waals surface area contributed by atoms with E-state index in [0.29, 0.717) is 12.1 Å². The van der Waals surface area contributed by atoms with Gasteiger partial charge >= 0.3 is 11.9 Å². The number of ether oxygens (including phenoxy) is 2. The summed E-state index contributed by atoms with van der Waals surface area (Å²) in [5, 5.41) is 3.88. The minimum Gasteiger partial charge on any atom is -0.459 e. The van der Waals surface area contributed by atoms with E-state index >= 15 is 0 Å². The molecule has 0 spiro atoms. The van der Waals surface area contributed by atoms with E-state index in [-0.39, 0.29) is 12.8 Å². The third-order valence-electron chi connectivity index (χ3n) is 3.83. The SMILES string of the molecule is CO/N=C1/CCC(N)(C(=O)OC(C)(C)C)C(N)(C(=O)OC(C)(C)C)C1. The first kappa shape index (κ1) is 21.4. The molecule has 144 valence electrons. The van der Waals surface area contributed by atoms with Crippen LogP contribution < -0.4 is 11.5 Å². The molecule has 0 aromatic carbocycles. The second-order valence-electron chi connectivity index (χ2n) is 8.46. The van der Waals surface area contributed by atoms with Crippen LogP contribution in [0.1, 0.15) is 60.8 Å². The lowest BCUT2D eigenvalue weighted by atomic mass is 9.67. The quantitative estimate of drug-likeness (QED) is 0.575. The van der Waals surface area contributed by atoms with E-state index in [1.54, 1.807) is 41.5 Å². The molecular weight excluding hydrogens is 326 g/mol. The summed E-state index contributed by atoms with van der Waals surface area (Å²) < 4.78 is 10.9. The number of hydrogen-bond donors (Lipinski definition) is 2. The van der Waals surface area contributed by atoms with Crippen molar-refractivity contribution in [2.45, 2.75) is 83.1 Å². The molecule has 8 heteroatoms. The molecule has 0 aromatic heterocycles. The number of carbonyl (C=O) groups is 2. The largest absolute Gasteiger partial charge is 0.459 e. The van der Waals surface area contributed by atoms with E-state index < -0.39 is 34.2 Å². The molecule has 25 heavy (non-hydrogen) atoms. The molecular formula is C17H31N3O5. The number of carbonyl (C=O) groups excluding carboxylic acids is 2. The fourth-order valence-electron chi connectivity index (χ4n) is 2.62. The Hall–Kier alpha value is -1.67. The highest BCUT2D eigenvalue weighted by atomic mass is 16.6. The van der Waals surface area contributed by atoms with Crippen LogP contribution in [0.15, 0.2) is 5.16 Å². The van der Waals surface area contributed by atoms with Crippen LogP contribution in [0.25, 0.3) is 0 Å². The smallest absolute Gasteiger partial charge is 0.329 e. The number of nitrogens with two attached hydrogens (primary N) is 2. The van der Waals surface area contributed by atoms with Crippen LogP contribution in [-0.2, 0) is 23.9 Å². The molecule has 0 bridgehead atoms. The maximum absolute atomic E-state index is 12.8. The summed E-state index contributed by atoms with van der Waals surface area (Å²) in [5.74, 6) is -1.50. The number of nitrogens with zero attached hydrogens (tertiary/aromatic N) is 1. The zero-order valence-electron chi connectivity index (χ0n) is 16.3. The second-order valence-corrected chi connectivity index (χ2v) is 8.46. The van der Waals surface area contributed by atoms with Crippen molar-refractivity contribution in [1.82, 2.24) is 0 Å². The number of hydrogen-bond acceptors (Lipinski definition) is 8. The van der Waals surface area contributed by atoms with Gasteiger partial charge in [0.15, 0.2) is 0 Å². The van der Waals surface area contributed by atoms with Gasteiger partial charge in [0.25, 0.3) is 0 Å².